The molecule has 0 aliphatic carbocycles. The van der Waals surface area contributed by atoms with Crippen molar-refractivity contribution in [2.24, 2.45) is 7.05 Å². The number of anilines is 1. The Hall–Kier alpha value is -4.37. The molecule has 6 nitrogen and oxygen atoms in total. The number of imidazole rings is 1. The molecule has 6 heteroatoms. The molecular formula is C28H24N4O2. The first-order valence-electron chi connectivity index (χ1n) is 11.3. The maximum atomic E-state index is 12.9. The zero-order valence-electron chi connectivity index (χ0n) is 18.9. The van der Waals surface area contributed by atoms with Crippen molar-refractivity contribution in [3.63, 3.8) is 0 Å². The quantitative estimate of drug-likeness (QED) is 0.356. The Kier molecular flexibility index (Phi) is 5.84. The van der Waals surface area contributed by atoms with Crippen molar-refractivity contribution < 1.29 is 9.53 Å². The third-order valence-corrected chi connectivity index (χ3v) is 6.21. The Balaban J connectivity index is 1.44. The third kappa shape index (κ3) is 4.16. The van der Waals surface area contributed by atoms with Gasteiger partial charge >= 0.3 is 0 Å². The van der Waals surface area contributed by atoms with E-state index < -0.39 is 0 Å². The highest BCUT2D eigenvalue weighted by Gasteiger charge is 2.28. The maximum Gasteiger partial charge on any atom is 0.193 e. The molecule has 0 radical (unpaired) electrons. The SMILES string of the molecule is Cn1cncc1N1CCCC1c1ccc(C#N)c(Oc2cccc(C(=O)c3ccccc3)c2)c1. The highest BCUT2D eigenvalue weighted by molar-refractivity contribution is 6.09. The summed E-state index contributed by atoms with van der Waals surface area (Å²) in [7, 11) is 1.99. The molecule has 4 aromatic rings. The van der Waals surface area contributed by atoms with Crippen LogP contribution in [-0.2, 0) is 7.05 Å². The molecule has 5 rings (SSSR count). The van der Waals surface area contributed by atoms with Crippen LogP contribution < -0.4 is 9.64 Å². The van der Waals surface area contributed by atoms with Gasteiger partial charge in [0.25, 0.3) is 0 Å². The zero-order chi connectivity index (χ0) is 23.5. The smallest absolute Gasteiger partial charge is 0.193 e. The lowest BCUT2D eigenvalue weighted by molar-refractivity contribution is 0.103. The Bertz CT molecular complexity index is 1370. The molecule has 0 spiro atoms. The van der Waals surface area contributed by atoms with Gasteiger partial charge in [-0.2, -0.15) is 5.26 Å². The molecular weight excluding hydrogens is 424 g/mol. The minimum Gasteiger partial charge on any atom is -0.456 e. The van der Waals surface area contributed by atoms with Gasteiger partial charge in [-0.1, -0.05) is 48.5 Å². The topological polar surface area (TPSA) is 71.2 Å². The highest BCUT2D eigenvalue weighted by atomic mass is 16.5. The van der Waals surface area contributed by atoms with Gasteiger partial charge in [-0.05, 0) is 42.7 Å². The predicted octanol–water partition coefficient (Wildman–Crippen LogP) is 5.66. The number of nitriles is 1. The summed E-state index contributed by atoms with van der Waals surface area (Å²) in [6.45, 7) is 0.948. The average molecular weight is 449 g/mol. The lowest BCUT2D eigenvalue weighted by Gasteiger charge is -2.27. The number of nitrogens with zero attached hydrogens (tertiary/aromatic N) is 4. The summed E-state index contributed by atoms with van der Waals surface area (Å²) < 4.78 is 8.19. The Labute approximate surface area is 198 Å². The molecule has 1 saturated heterocycles. The third-order valence-electron chi connectivity index (χ3n) is 6.21. The van der Waals surface area contributed by atoms with Crippen molar-refractivity contribution in [3.05, 3.63) is 108 Å². The number of ketones is 1. The van der Waals surface area contributed by atoms with Gasteiger partial charge < -0.3 is 14.2 Å². The molecule has 0 N–H and O–H groups in total. The first-order chi connectivity index (χ1) is 16.6. The van der Waals surface area contributed by atoms with Gasteiger partial charge in [0.15, 0.2) is 5.78 Å². The van der Waals surface area contributed by atoms with Gasteiger partial charge in [0.05, 0.1) is 24.1 Å². The van der Waals surface area contributed by atoms with Gasteiger partial charge in [0.2, 0.25) is 0 Å². The van der Waals surface area contributed by atoms with E-state index in [1.165, 1.54) is 0 Å². The molecule has 1 aliphatic rings. The second-order valence-electron chi connectivity index (χ2n) is 8.41. The number of aromatic nitrogens is 2. The summed E-state index contributed by atoms with van der Waals surface area (Å²) in [6, 6.07) is 24.4. The molecule has 1 aromatic heterocycles. The Morgan fingerprint density at radius 1 is 1.06 bits per heavy atom. The minimum atomic E-state index is -0.0712. The fourth-order valence-electron chi connectivity index (χ4n) is 4.52. The second kappa shape index (κ2) is 9.24. The molecule has 0 bridgehead atoms. The standard InChI is InChI=1S/C28H24N4O2/c1-31-19-30-18-27(31)32-14-6-11-25(32)21-12-13-23(17-29)26(16-21)34-24-10-5-9-22(15-24)28(33)20-7-3-2-4-8-20/h2-5,7-10,12-13,15-16,18-19,25H,6,11,14H2,1H3. The molecule has 168 valence electrons. The highest BCUT2D eigenvalue weighted by Crippen LogP contribution is 2.38. The summed E-state index contributed by atoms with van der Waals surface area (Å²) in [5.74, 6) is 2.01. The molecule has 1 fully saturated rings. The summed E-state index contributed by atoms with van der Waals surface area (Å²) in [5, 5.41) is 9.68. The first-order valence-corrected chi connectivity index (χ1v) is 11.3. The number of rotatable bonds is 6. The number of carbonyl (C=O) groups excluding carboxylic acids is 1. The van der Waals surface area contributed by atoms with Crippen molar-refractivity contribution in [2.45, 2.75) is 18.9 Å². The fourth-order valence-corrected chi connectivity index (χ4v) is 4.52. The molecule has 1 unspecified atom stereocenters. The Morgan fingerprint density at radius 3 is 2.65 bits per heavy atom. The van der Waals surface area contributed by atoms with E-state index >= 15 is 0 Å². The summed E-state index contributed by atoms with van der Waals surface area (Å²) in [5.41, 5.74) is 2.70. The van der Waals surface area contributed by atoms with Crippen molar-refractivity contribution in [3.8, 4) is 17.6 Å². The molecule has 1 atom stereocenters. The fraction of sp³-hybridized carbons (Fsp3) is 0.179. The molecule has 3 aromatic carbocycles. The van der Waals surface area contributed by atoms with Crippen LogP contribution in [0, 0.1) is 11.3 Å². The Morgan fingerprint density at radius 2 is 1.88 bits per heavy atom. The maximum absolute atomic E-state index is 12.9. The van der Waals surface area contributed by atoms with Gasteiger partial charge in [-0.25, -0.2) is 4.98 Å². The number of hydrogen-bond donors (Lipinski definition) is 0. The molecule has 2 heterocycles. The van der Waals surface area contributed by atoms with Crippen molar-refractivity contribution in [2.75, 3.05) is 11.4 Å². The molecule has 0 amide bonds. The number of ether oxygens (including phenoxy) is 1. The lowest BCUT2D eigenvalue weighted by atomic mass is 10.0. The number of benzene rings is 3. The summed E-state index contributed by atoms with van der Waals surface area (Å²) >= 11 is 0. The number of hydrogen-bond acceptors (Lipinski definition) is 5. The van der Waals surface area contributed by atoms with Crippen LogP contribution in [0.2, 0.25) is 0 Å². The number of carbonyl (C=O) groups is 1. The van der Waals surface area contributed by atoms with E-state index in [9.17, 15) is 10.1 Å². The van der Waals surface area contributed by atoms with Gasteiger partial charge in [0, 0.05) is 24.7 Å². The van der Waals surface area contributed by atoms with Crippen LogP contribution in [-0.4, -0.2) is 21.9 Å². The average Bonchev–Trinajstić information content (AvgIpc) is 3.53. The van der Waals surface area contributed by atoms with E-state index in [2.05, 4.69) is 16.0 Å². The normalized spacial score (nSPS) is 15.2. The van der Waals surface area contributed by atoms with Crippen LogP contribution in [0.3, 0.4) is 0 Å². The minimum absolute atomic E-state index is 0.0712. The molecule has 34 heavy (non-hydrogen) atoms. The van der Waals surface area contributed by atoms with E-state index in [0.29, 0.717) is 28.2 Å². The lowest BCUT2D eigenvalue weighted by Crippen LogP contribution is -2.24. The van der Waals surface area contributed by atoms with E-state index in [4.69, 9.17) is 4.74 Å². The van der Waals surface area contributed by atoms with E-state index in [0.717, 1.165) is 30.8 Å². The van der Waals surface area contributed by atoms with Crippen LogP contribution in [0.5, 0.6) is 11.5 Å². The van der Waals surface area contributed by atoms with Crippen LogP contribution in [0.25, 0.3) is 0 Å². The van der Waals surface area contributed by atoms with Gasteiger partial charge in [-0.3, -0.25) is 4.79 Å². The van der Waals surface area contributed by atoms with Crippen LogP contribution in [0.4, 0.5) is 5.82 Å². The molecule has 0 saturated carbocycles. The monoisotopic (exact) mass is 448 g/mol. The predicted molar refractivity (Wildman–Crippen MR) is 130 cm³/mol. The zero-order valence-corrected chi connectivity index (χ0v) is 18.9. The van der Waals surface area contributed by atoms with Crippen LogP contribution in [0.15, 0.2) is 85.3 Å². The van der Waals surface area contributed by atoms with Crippen molar-refractivity contribution in [1.29, 1.82) is 5.26 Å². The van der Waals surface area contributed by atoms with Gasteiger partial charge in [-0.15, -0.1) is 0 Å². The summed E-state index contributed by atoms with van der Waals surface area (Å²) in [4.78, 5) is 19.5. The van der Waals surface area contributed by atoms with Crippen LogP contribution in [0.1, 0.15) is 45.9 Å². The van der Waals surface area contributed by atoms with Crippen molar-refractivity contribution >= 4 is 11.6 Å². The van der Waals surface area contributed by atoms with Gasteiger partial charge in [0.1, 0.15) is 23.4 Å². The van der Waals surface area contributed by atoms with E-state index in [1.807, 2.05) is 60.5 Å². The second-order valence-corrected chi connectivity index (χ2v) is 8.41. The van der Waals surface area contributed by atoms with E-state index in [-0.39, 0.29) is 11.8 Å². The number of aryl methyl sites for hydroxylation is 1. The van der Waals surface area contributed by atoms with E-state index in [1.54, 1.807) is 36.4 Å². The van der Waals surface area contributed by atoms with Crippen LogP contribution >= 0.6 is 0 Å². The largest absolute Gasteiger partial charge is 0.456 e. The first kappa shape index (κ1) is 21.5. The summed E-state index contributed by atoms with van der Waals surface area (Å²) in [6.07, 6.45) is 5.78. The van der Waals surface area contributed by atoms with Crippen molar-refractivity contribution in [1.82, 2.24) is 9.55 Å². The molecule has 1 aliphatic heterocycles.